The number of anilines is 1. The molecule has 0 fully saturated rings. The minimum atomic E-state index is -0.223. The molecule has 15 heavy (non-hydrogen) atoms. The van der Waals surface area contributed by atoms with Gasteiger partial charge in [0, 0.05) is 26.3 Å². The van der Waals surface area contributed by atoms with Crippen LogP contribution in [-0.2, 0) is 22.3 Å². The number of nitrogens with two attached hydrogens (primary N) is 1. The van der Waals surface area contributed by atoms with Crippen molar-refractivity contribution < 1.29 is 9.47 Å². The van der Waals surface area contributed by atoms with Gasteiger partial charge in [-0.1, -0.05) is 25.1 Å². The molecule has 1 aromatic carbocycles. The Morgan fingerprint density at radius 3 is 2.33 bits per heavy atom. The summed E-state index contributed by atoms with van der Waals surface area (Å²) in [5.41, 5.74) is 9.17. The standard InChI is InChI=1S/C12H19NO2/c1-4-9-6-5-7-10(12(9)13)8-11(14-2)15-3/h5-7,11H,4,8,13H2,1-3H3. The Morgan fingerprint density at radius 1 is 1.20 bits per heavy atom. The third-order valence-electron chi connectivity index (χ3n) is 2.58. The molecule has 0 bridgehead atoms. The smallest absolute Gasteiger partial charge is 0.160 e. The second-order valence-electron chi connectivity index (χ2n) is 3.45. The van der Waals surface area contributed by atoms with Crippen LogP contribution in [-0.4, -0.2) is 20.5 Å². The average molecular weight is 209 g/mol. The molecule has 0 aliphatic carbocycles. The maximum absolute atomic E-state index is 6.04. The van der Waals surface area contributed by atoms with E-state index >= 15 is 0 Å². The van der Waals surface area contributed by atoms with Crippen molar-refractivity contribution in [3.63, 3.8) is 0 Å². The van der Waals surface area contributed by atoms with Crippen LogP contribution in [0.1, 0.15) is 18.1 Å². The quantitative estimate of drug-likeness (QED) is 0.596. The molecule has 3 heteroatoms. The van der Waals surface area contributed by atoms with Gasteiger partial charge in [0.05, 0.1) is 0 Å². The number of nitrogen functional groups attached to an aromatic ring is 1. The minimum absolute atomic E-state index is 0.223. The molecular formula is C12H19NO2. The maximum atomic E-state index is 6.04. The molecule has 0 atom stereocenters. The first-order valence-electron chi connectivity index (χ1n) is 5.14. The Bertz CT molecular complexity index is 308. The van der Waals surface area contributed by atoms with Gasteiger partial charge in [-0.15, -0.1) is 0 Å². The van der Waals surface area contributed by atoms with Gasteiger partial charge in [0.25, 0.3) is 0 Å². The Morgan fingerprint density at radius 2 is 1.80 bits per heavy atom. The summed E-state index contributed by atoms with van der Waals surface area (Å²) in [5, 5.41) is 0. The SMILES string of the molecule is CCc1cccc(CC(OC)OC)c1N. The summed E-state index contributed by atoms with van der Waals surface area (Å²) in [6.45, 7) is 2.10. The highest BCUT2D eigenvalue weighted by atomic mass is 16.7. The van der Waals surface area contributed by atoms with Crippen molar-refractivity contribution in [3.05, 3.63) is 29.3 Å². The van der Waals surface area contributed by atoms with E-state index in [1.807, 2.05) is 18.2 Å². The van der Waals surface area contributed by atoms with Crippen LogP contribution in [0.2, 0.25) is 0 Å². The summed E-state index contributed by atoms with van der Waals surface area (Å²) in [6.07, 6.45) is 1.41. The molecule has 0 aliphatic heterocycles. The number of ether oxygens (including phenoxy) is 2. The average Bonchev–Trinajstić information content (AvgIpc) is 2.28. The van der Waals surface area contributed by atoms with E-state index in [4.69, 9.17) is 15.2 Å². The van der Waals surface area contributed by atoms with Crippen molar-refractivity contribution in [2.45, 2.75) is 26.1 Å². The zero-order valence-corrected chi connectivity index (χ0v) is 9.62. The fourth-order valence-corrected chi connectivity index (χ4v) is 1.59. The van der Waals surface area contributed by atoms with E-state index in [1.54, 1.807) is 14.2 Å². The predicted octanol–water partition coefficient (Wildman–Crippen LogP) is 1.99. The van der Waals surface area contributed by atoms with E-state index in [2.05, 4.69) is 6.92 Å². The lowest BCUT2D eigenvalue weighted by molar-refractivity contribution is -0.100. The second-order valence-corrected chi connectivity index (χ2v) is 3.45. The van der Waals surface area contributed by atoms with Crippen molar-refractivity contribution in [3.8, 4) is 0 Å². The molecule has 3 nitrogen and oxygen atoms in total. The summed E-state index contributed by atoms with van der Waals surface area (Å²) in [4.78, 5) is 0. The fraction of sp³-hybridized carbons (Fsp3) is 0.500. The summed E-state index contributed by atoms with van der Waals surface area (Å²) in [5.74, 6) is 0. The van der Waals surface area contributed by atoms with E-state index < -0.39 is 0 Å². The number of hydrogen-bond acceptors (Lipinski definition) is 3. The van der Waals surface area contributed by atoms with E-state index in [0.29, 0.717) is 6.42 Å². The van der Waals surface area contributed by atoms with Crippen LogP contribution in [0.5, 0.6) is 0 Å². The number of benzene rings is 1. The normalized spacial score (nSPS) is 10.9. The predicted molar refractivity (Wildman–Crippen MR) is 61.7 cm³/mol. The van der Waals surface area contributed by atoms with Crippen LogP contribution in [0, 0.1) is 0 Å². The summed E-state index contributed by atoms with van der Waals surface area (Å²) < 4.78 is 10.3. The van der Waals surface area contributed by atoms with Crippen LogP contribution in [0.4, 0.5) is 5.69 Å². The molecule has 0 radical (unpaired) electrons. The number of para-hydroxylation sites is 1. The third-order valence-corrected chi connectivity index (χ3v) is 2.58. The van der Waals surface area contributed by atoms with Gasteiger partial charge < -0.3 is 15.2 Å². The molecule has 2 N–H and O–H groups in total. The largest absolute Gasteiger partial charge is 0.398 e. The molecule has 0 amide bonds. The van der Waals surface area contributed by atoms with Gasteiger partial charge >= 0.3 is 0 Å². The van der Waals surface area contributed by atoms with Gasteiger partial charge in [-0.2, -0.15) is 0 Å². The van der Waals surface area contributed by atoms with Crippen LogP contribution >= 0.6 is 0 Å². The minimum Gasteiger partial charge on any atom is -0.398 e. The van der Waals surface area contributed by atoms with Crippen LogP contribution in [0.3, 0.4) is 0 Å². The zero-order chi connectivity index (χ0) is 11.3. The highest BCUT2D eigenvalue weighted by molar-refractivity contribution is 5.53. The van der Waals surface area contributed by atoms with Gasteiger partial charge in [0.15, 0.2) is 6.29 Å². The van der Waals surface area contributed by atoms with Crippen LogP contribution in [0.15, 0.2) is 18.2 Å². The lowest BCUT2D eigenvalue weighted by Gasteiger charge is -2.15. The molecule has 0 heterocycles. The molecule has 0 aromatic heterocycles. The van der Waals surface area contributed by atoms with Gasteiger partial charge in [0.1, 0.15) is 0 Å². The van der Waals surface area contributed by atoms with Crippen LogP contribution < -0.4 is 5.73 Å². The van der Waals surface area contributed by atoms with Crippen molar-refractivity contribution in [2.75, 3.05) is 20.0 Å². The Labute approximate surface area is 91.2 Å². The summed E-state index contributed by atoms with van der Waals surface area (Å²) in [6, 6.07) is 6.08. The Balaban J connectivity index is 2.85. The molecule has 0 saturated carbocycles. The van der Waals surface area contributed by atoms with Crippen LogP contribution in [0.25, 0.3) is 0 Å². The number of methoxy groups -OCH3 is 2. The summed E-state index contributed by atoms with van der Waals surface area (Å²) in [7, 11) is 3.27. The number of aryl methyl sites for hydroxylation is 1. The van der Waals surface area contributed by atoms with E-state index in [-0.39, 0.29) is 6.29 Å². The molecule has 1 rings (SSSR count). The monoisotopic (exact) mass is 209 g/mol. The van der Waals surface area contributed by atoms with Gasteiger partial charge in [-0.3, -0.25) is 0 Å². The second kappa shape index (κ2) is 5.73. The van der Waals surface area contributed by atoms with Crippen molar-refractivity contribution in [2.24, 2.45) is 0 Å². The molecule has 0 spiro atoms. The topological polar surface area (TPSA) is 44.5 Å². The molecule has 1 aromatic rings. The van der Waals surface area contributed by atoms with E-state index in [1.165, 1.54) is 5.56 Å². The van der Waals surface area contributed by atoms with E-state index in [9.17, 15) is 0 Å². The molecular weight excluding hydrogens is 190 g/mol. The number of hydrogen-bond donors (Lipinski definition) is 1. The fourth-order valence-electron chi connectivity index (χ4n) is 1.59. The first-order chi connectivity index (χ1) is 7.22. The highest BCUT2D eigenvalue weighted by Gasteiger charge is 2.10. The lowest BCUT2D eigenvalue weighted by atomic mass is 10.0. The Hall–Kier alpha value is -1.06. The first-order valence-corrected chi connectivity index (χ1v) is 5.14. The molecule has 0 saturated heterocycles. The Kier molecular flexibility index (Phi) is 4.59. The van der Waals surface area contributed by atoms with Crippen molar-refractivity contribution >= 4 is 5.69 Å². The molecule has 84 valence electrons. The zero-order valence-electron chi connectivity index (χ0n) is 9.62. The molecule has 0 aliphatic rings. The molecule has 0 unspecified atom stereocenters. The maximum Gasteiger partial charge on any atom is 0.160 e. The number of rotatable bonds is 5. The van der Waals surface area contributed by atoms with Gasteiger partial charge in [0.2, 0.25) is 0 Å². The van der Waals surface area contributed by atoms with Crippen molar-refractivity contribution in [1.29, 1.82) is 0 Å². The third kappa shape index (κ3) is 2.94. The highest BCUT2D eigenvalue weighted by Crippen LogP contribution is 2.20. The van der Waals surface area contributed by atoms with Crippen molar-refractivity contribution in [1.82, 2.24) is 0 Å². The first kappa shape index (κ1) is 12.0. The van der Waals surface area contributed by atoms with Gasteiger partial charge in [-0.25, -0.2) is 0 Å². The van der Waals surface area contributed by atoms with E-state index in [0.717, 1.165) is 17.7 Å². The van der Waals surface area contributed by atoms with Gasteiger partial charge in [-0.05, 0) is 17.5 Å². The lowest BCUT2D eigenvalue weighted by Crippen LogP contribution is -2.17. The summed E-state index contributed by atoms with van der Waals surface area (Å²) >= 11 is 0.